The topological polar surface area (TPSA) is 35.5 Å². The summed E-state index contributed by atoms with van der Waals surface area (Å²) in [5.41, 5.74) is -0.166. The molecule has 76 valence electrons. The summed E-state index contributed by atoms with van der Waals surface area (Å²) < 4.78 is 10.7. The summed E-state index contributed by atoms with van der Waals surface area (Å²) in [7, 11) is 3.32. The lowest BCUT2D eigenvalue weighted by Crippen LogP contribution is -2.41. The number of rotatable bonds is 3. The van der Waals surface area contributed by atoms with Crippen LogP contribution < -0.4 is 0 Å². The van der Waals surface area contributed by atoms with Gasteiger partial charge in [0, 0.05) is 32.5 Å². The van der Waals surface area contributed by atoms with Gasteiger partial charge in [-0.15, -0.1) is 0 Å². The molecule has 1 aliphatic rings. The average molecular weight is 186 g/mol. The van der Waals surface area contributed by atoms with Crippen LogP contribution in [0.25, 0.3) is 0 Å². The van der Waals surface area contributed by atoms with Crippen molar-refractivity contribution in [1.29, 1.82) is 0 Å². The lowest BCUT2D eigenvalue weighted by Gasteiger charge is -2.40. The van der Waals surface area contributed by atoms with E-state index in [2.05, 4.69) is 0 Å². The Hall–Kier alpha value is -0.410. The first kappa shape index (κ1) is 10.7. The van der Waals surface area contributed by atoms with Crippen LogP contribution in [0.2, 0.25) is 0 Å². The van der Waals surface area contributed by atoms with E-state index in [1.807, 2.05) is 6.92 Å². The van der Waals surface area contributed by atoms with Gasteiger partial charge in [-0.2, -0.15) is 0 Å². The first-order valence-electron chi connectivity index (χ1n) is 4.66. The Morgan fingerprint density at radius 1 is 1.08 bits per heavy atom. The van der Waals surface area contributed by atoms with E-state index in [1.165, 1.54) is 0 Å². The van der Waals surface area contributed by atoms with E-state index >= 15 is 0 Å². The Balaban J connectivity index is 2.59. The van der Waals surface area contributed by atoms with Gasteiger partial charge < -0.3 is 14.3 Å². The van der Waals surface area contributed by atoms with Crippen LogP contribution in [0.1, 0.15) is 32.6 Å². The standard InChI is InChI=1S/C10H18O3/c1-9(8-11)4-6-10(12-2,13-3)7-5-9/h8H,4-7H2,1-3H3. The molecule has 13 heavy (non-hydrogen) atoms. The number of carbonyl (C=O) groups excluding carboxylic acids is 1. The maximum absolute atomic E-state index is 10.8. The number of hydrogen-bond donors (Lipinski definition) is 0. The lowest BCUT2D eigenvalue weighted by molar-refractivity contribution is -0.231. The predicted octanol–water partition coefficient (Wildman–Crippen LogP) is 1.75. The van der Waals surface area contributed by atoms with Gasteiger partial charge in [0.15, 0.2) is 5.79 Å². The van der Waals surface area contributed by atoms with E-state index in [1.54, 1.807) is 14.2 Å². The van der Waals surface area contributed by atoms with Gasteiger partial charge in [-0.1, -0.05) is 6.92 Å². The fourth-order valence-corrected chi connectivity index (χ4v) is 1.81. The van der Waals surface area contributed by atoms with Gasteiger partial charge in [0.05, 0.1) is 0 Å². The van der Waals surface area contributed by atoms with Crippen LogP contribution in [0, 0.1) is 5.41 Å². The molecule has 0 bridgehead atoms. The molecule has 0 aromatic heterocycles. The number of ether oxygens (including phenoxy) is 2. The second-order valence-electron chi connectivity index (χ2n) is 4.09. The number of methoxy groups -OCH3 is 2. The van der Waals surface area contributed by atoms with Crippen molar-refractivity contribution < 1.29 is 14.3 Å². The highest BCUT2D eigenvalue weighted by molar-refractivity contribution is 5.58. The molecular weight excluding hydrogens is 168 g/mol. The highest BCUT2D eigenvalue weighted by Crippen LogP contribution is 2.40. The average Bonchev–Trinajstić information content (AvgIpc) is 2.20. The van der Waals surface area contributed by atoms with E-state index in [0.29, 0.717) is 0 Å². The molecule has 0 heterocycles. The van der Waals surface area contributed by atoms with E-state index < -0.39 is 5.79 Å². The zero-order valence-electron chi connectivity index (χ0n) is 8.63. The van der Waals surface area contributed by atoms with Crippen molar-refractivity contribution in [2.24, 2.45) is 5.41 Å². The fourth-order valence-electron chi connectivity index (χ4n) is 1.81. The monoisotopic (exact) mass is 186 g/mol. The Kier molecular flexibility index (Phi) is 3.09. The van der Waals surface area contributed by atoms with Gasteiger partial charge in [-0.05, 0) is 12.8 Å². The molecule has 0 aromatic carbocycles. The van der Waals surface area contributed by atoms with Crippen LogP contribution in [0.4, 0.5) is 0 Å². The number of carbonyl (C=O) groups is 1. The SMILES string of the molecule is COC1(OC)CCC(C)(C=O)CC1. The molecule has 3 heteroatoms. The molecule has 0 unspecified atom stereocenters. The van der Waals surface area contributed by atoms with Crippen LogP contribution in [0.5, 0.6) is 0 Å². The molecule has 0 aliphatic heterocycles. The quantitative estimate of drug-likeness (QED) is 0.497. The summed E-state index contributed by atoms with van der Waals surface area (Å²) in [6.45, 7) is 2.00. The largest absolute Gasteiger partial charge is 0.353 e. The summed E-state index contributed by atoms with van der Waals surface area (Å²) in [5, 5.41) is 0. The molecule has 0 aromatic rings. The minimum atomic E-state index is -0.442. The fraction of sp³-hybridized carbons (Fsp3) is 0.900. The van der Waals surface area contributed by atoms with Gasteiger partial charge in [0.1, 0.15) is 6.29 Å². The van der Waals surface area contributed by atoms with Crippen molar-refractivity contribution in [2.75, 3.05) is 14.2 Å². The van der Waals surface area contributed by atoms with Gasteiger partial charge in [0.25, 0.3) is 0 Å². The predicted molar refractivity (Wildman–Crippen MR) is 49.4 cm³/mol. The van der Waals surface area contributed by atoms with Crippen molar-refractivity contribution in [3.63, 3.8) is 0 Å². The van der Waals surface area contributed by atoms with E-state index in [4.69, 9.17) is 9.47 Å². The minimum Gasteiger partial charge on any atom is -0.353 e. The summed E-state index contributed by atoms with van der Waals surface area (Å²) in [6.07, 6.45) is 4.35. The van der Waals surface area contributed by atoms with Crippen LogP contribution in [0.3, 0.4) is 0 Å². The van der Waals surface area contributed by atoms with E-state index in [9.17, 15) is 4.79 Å². The molecule has 1 rings (SSSR count). The van der Waals surface area contributed by atoms with Crippen molar-refractivity contribution >= 4 is 6.29 Å². The molecule has 1 fully saturated rings. The van der Waals surface area contributed by atoms with Crippen molar-refractivity contribution in [3.8, 4) is 0 Å². The van der Waals surface area contributed by atoms with Crippen LogP contribution in [-0.4, -0.2) is 26.3 Å². The highest BCUT2D eigenvalue weighted by atomic mass is 16.7. The zero-order chi connectivity index (χ0) is 9.95. The van der Waals surface area contributed by atoms with E-state index in [-0.39, 0.29) is 5.41 Å². The zero-order valence-corrected chi connectivity index (χ0v) is 8.63. The third kappa shape index (κ3) is 2.09. The maximum atomic E-state index is 10.8. The molecule has 0 saturated heterocycles. The summed E-state index contributed by atoms with van der Waals surface area (Å²) in [6, 6.07) is 0. The summed E-state index contributed by atoms with van der Waals surface area (Å²) in [5.74, 6) is -0.442. The summed E-state index contributed by atoms with van der Waals surface area (Å²) >= 11 is 0. The van der Waals surface area contributed by atoms with Crippen molar-refractivity contribution in [3.05, 3.63) is 0 Å². The Bertz CT molecular complexity index is 175. The smallest absolute Gasteiger partial charge is 0.167 e. The molecule has 0 amide bonds. The Morgan fingerprint density at radius 3 is 1.85 bits per heavy atom. The van der Waals surface area contributed by atoms with Gasteiger partial charge in [-0.3, -0.25) is 0 Å². The van der Waals surface area contributed by atoms with Crippen molar-refractivity contribution in [2.45, 2.75) is 38.4 Å². The molecule has 0 radical (unpaired) electrons. The van der Waals surface area contributed by atoms with Crippen LogP contribution >= 0.6 is 0 Å². The second-order valence-corrected chi connectivity index (χ2v) is 4.09. The second kappa shape index (κ2) is 3.76. The molecular formula is C10H18O3. The molecule has 3 nitrogen and oxygen atoms in total. The lowest BCUT2D eigenvalue weighted by atomic mass is 9.74. The van der Waals surface area contributed by atoms with Crippen molar-refractivity contribution in [1.82, 2.24) is 0 Å². The van der Waals surface area contributed by atoms with E-state index in [0.717, 1.165) is 32.0 Å². The van der Waals surface area contributed by atoms with Crippen LogP contribution in [-0.2, 0) is 14.3 Å². The van der Waals surface area contributed by atoms with Gasteiger partial charge >= 0.3 is 0 Å². The van der Waals surface area contributed by atoms with Gasteiger partial charge in [0.2, 0.25) is 0 Å². The Morgan fingerprint density at radius 2 is 1.54 bits per heavy atom. The third-order valence-corrected chi connectivity index (χ3v) is 3.18. The first-order valence-corrected chi connectivity index (χ1v) is 4.66. The highest BCUT2D eigenvalue weighted by Gasteiger charge is 2.40. The minimum absolute atomic E-state index is 0.166. The molecule has 0 atom stereocenters. The Labute approximate surface area is 79.4 Å². The molecule has 1 saturated carbocycles. The van der Waals surface area contributed by atoms with Crippen LogP contribution in [0.15, 0.2) is 0 Å². The molecule has 1 aliphatic carbocycles. The normalized spacial score (nSPS) is 25.5. The molecule has 0 spiro atoms. The molecule has 0 N–H and O–H groups in total. The third-order valence-electron chi connectivity index (χ3n) is 3.18. The maximum Gasteiger partial charge on any atom is 0.167 e. The van der Waals surface area contributed by atoms with Gasteiger partial charge in [-0.25, -0.2) is 0 Å². The number of aldehydes is 1. The number of hydrogen-bond acceptors (Lipinski definition) is 3. The first-order chi connectivity index (χ1) is 6.10. The summed E-state index contributed by atoms with van der Waals surface area (Å²) in [4.78, 5) is 10.8.